The first-order valence-corrected chi connectivity index (χ1v) is 8.06. The maximum Gasteiger partial charge on any atom is 0.410 e. The van der Waals surface area contributed by atoms with Crippen LogP contribution in [0.5, 0.6) is 0 Å². The fourth-order valence-electron chi connectivity index (χ4n) is 2.62. The van der Waals surface area contributed by atoms with Crippen molar-refractivity contribution in [1.29, 1.82) is 0 Å². The number of ether oxygens (including phenoxy) is 1. The van der Waals surface area contributed by atoms with Gasteiger partial charge in [0, 0.05) is 37.4 Å². The van der Waals surface area contributed by atoms with Crippen LogP contribution in [0.3, 0.4) is 0 Å². The molecule has 2 rings (SSSR count). The summed E-state index contributed by atoms with van der Waals surface area (Å²) in [6, 6.07) is 3.85. The average molecular weight is 321 g/mol. The summed E-state index contributed by atoms with van der Waals surface area (Å²) in [7, 11) is 0. The van der Waals surface area contributed by atoms with Crippen LogP contribution in [0.2, 0.25) is 0 Å². The Kier molecular flexibility index (Phi) is 5.14. The highest BCUT2D eigenvalue weighted by Gasteiger charge is 2.26. The third kappa shape index (κ3) is 4.58. The van der Waals surface area contributed by atoms with Crippen LogP contribution < -0.4 is 4.90 Å². The molecule has 1 saturated heterocycles. The lowest BCUT2D eigenvalue weighted by atomic mass is 10.1. The van der Waals surface area contributed by atoms with Gasteiger partial charge in [0.05, 0.1) is 6.10 Å². The van der Waals surface area contributed by atoms with E-state index in [1.165, 1.54) is 0 Å². The standard InChI is InChI=1S/C17H27N3O3/c1-12-14(13(2)21)6-7-15(18-12)19-8-10-20(11-9-19)16(22)23-17(3,4)5/h6-7,13,21H,8-11H2,1-5H3. The summed E-state index contributed by atoms with van der Waals surface area (Å²) in [5.41, 5.74) is 1.22. The van der Waals surface area contributed by atoms with Crippen LogP contribution in [0.1, 0.15) is 45.1 Å². The van der Waals surface area contributed by atoms with Crippen molar-refractivity contribution in [2.75, 3.05) is 31.1 Å². The Labute approximate surface area is 138 Å². The summed E-state index contributed by atoms with van der Waals surface area (Å²) in [5.74, 6) is 0.885. The second kappa shape index (κ2) is 6.74. The maximum atomic E-state index is 12.1. The first-order valence-electron chi connectivity index (χ1n) is 8.06. The van der Waals surface area contributed by atoms with Gasteiger partial charge in [0.25, 0.3) is 0 Å². The molecule has 1 aromatic heterocycles. The van der Waals surface area contributed by atoms with Gasteiger partial charge in [0.15, 0.2) is 0 Å². The molecule has 2 heterocycles. The van der Waals surface area contributed by atoms with Gasteiger partial charge in [-0.2, -0.15) is 0 Å². The number of nitrogens with zero attached hydrogens (tertiary/aromatic N) is 3. The lowest BCUT2D eigenvalue weighted by molar-refractivity contribution is 0.0240. The molecule has 0 saturated carbocycles. The van der Waals surface area contributed by atoms with E-state index in [2.05, 4.69) is 9.88 Å². The Morgan fingerprint density at radius 3 is 2.35 bits per heavy atom. The lowest BCUT2D eigenvalue weighted by Crippen LogP contribution is -2.50. The van der Waals surface area contributed by atoms with Gasteiger partial charge in [-0.3, -0.25) is 0 Å². The van der Waals surface area contributed by atoms with Crippen molar-refractivity contribution < 1.29 is 14.6 Å². The van der Waals surface area contributed by atoms with E-state index in [9.17, 15) is 9.90 Å². The molecule has 1 N–H and O–H groups in total. The van der Waals surface area contributed by atoms with Crippen LogP contribution in [0.25, 0.3) is 0 Å². The van der Waals surface area contributed by atoms with Crippen molar-refractivity contribution in [2.24, 2.45) is 0 Å². The monoisotopic (exact) mass is 321 g/mol. The quantitative estimate of drug-likeness (QED) is 0.906. The molecular formula is C17H27N3O3. The van der Waals surface area contributed by atoms with Crippen LogP contribution >= 0.6 is 0 Å². The normalized spacial score (nSPS) is 17.1. The minimum Gasteiger partial charge on any atom is -0.444 e. The molecule has 1 aliphatic rings. The molecule has 6 nitrogen and oxygen atoms in total. The predicted molar refractivity (Wildman–Crippen MR) is 89.6 cm³/mol. The fourth-order valence-corrected chi connectivity index (χ4v) is 2.62. The Morgan fingerprint density at radius 2 is 1.87 bits per heavy atom. The highest BCUT2D eigenvalue weighted by molar-refractivity contribution is 5.68. The van der Waals surface area contributed by atoms with Gasteiger partial charge in [0.1, 0.15) is 11.4 Å². The predicted octanol–water partition coefficient (Wildman–Crippen LogP) is 2.50. The number of amides is 1. The third-order valence-corrected chi connectivity index (χ3v) is 3.82. The van der Waals surface area contributed by atoms with Crippen LogP contribution in [-0.2, 0) is 4.74 Å². The molecule has 23 heavy (non-hydrogen) atoms. The number of hydrogen-bond acceptors (Lipinski definition) is 5. The van der Waals surface area contributed by atoms with Crippen LogP contribution in [0, 0.1) is 6.92 Å². The Balaban J connectivity index is 1.97. The van der Waals surface area contributed by atoms with Crippen LogP contribution in [-0.4, -0.2) is 52.9 Å². The van der Waals surface area contributed by atoms with E-state index in [0.717, 1.165) is 30.2 Å². The van der Waals surface area contributed by atoms with Crippen molar-refractivity contribution in [2.45, 2.75) is 46.3 Å². The van der Waals surface area contributed by atoms with Gasteiger partial charge in [-0.15, -0.1) is 0 Å². The maximum absolute atomic E-state index is 12.1. The lowest BCUT2D eigenvalue weighted by Gasteiger charge is -2.36. The minimum atomic E-state index is -0.513. The van der Waals surface area contributed by atoms with Crippen molar-refractivity contribution in [1.82, 2.24) is 9.88 Å². The average Bonchev–Trinajstić information content (AvgIpc) is 2.45. The van der Waals surface area contributed by atoms with E-state index >= 15 is 0 Å². The molecule has 1 aliphatic heterocycles. The summed E-state index contributed by atoms with van der Waals surface area (Å²) >= 11 is 0. The molecular weight excluding hydrogens is 294 g/mol. The van der Waals surface area contributed by atoms with Crippen molar-refractivity contribution in [3.8, 4) is 0 Å². The molecule has 0 aromatic carbocycles. The number of carbonyl (C=O) groups is 1. The smallest absolute Gasteiger partial charge is 0.410 e. The molecule has 1 atom stereocenters. The molecule has 1 aromatic rings. The number of pyridine rings is 1. The number of rotatable bonds is 2. The van der Waals surface area contributed by atoms with Gasteiger partial charge in [0.2, 0.25) is 0 Å². The van der Waals surface area contributed by atoms with E-state index in [1.807, 2.05) is 39.8 Å². The van der Waals surface area contributed by atoms with Gasteiger partial charge in [-0.25, -0.2) is 9.78 Å². The summed E-state index contributed by atoms with van der Waals surface area (Å²) in [6.45, 7) is 11.9. The molecule has 6 heteroatoms. The van der Waals surface area contributed by atoms with Crippen molar-refractivity contribution in [3.63, 3.8) is 0 Å². The summed E-state index contributed by atoms with van der Waals surface area (Å²) in [6.07, 6.45) is -0.772. The van der Waals surface area contributed by atoms with Crippen molar-refractivity contribution >= 4 is 11.9 Å². The Hall–Kier alpha value is -1.82. The fraction of sp³-hybridized carbons (Fsp3) is 0.647. The second-order valence-electron chi connectivity index (χ2n) is 6.97. The first-order chi connectivity index (χ1) is 10.7. The van der Waals surface area contributed by atoms with Gasteiger partial charge in [-0.05, 0) is 40.7 Å². The molecule has 128 valence electrons. The van der Waals surface area contributed by atoms with E-state index in [1.54, 1.807) is 11.8 Å². The molecule has 1 amide bonds. The van der Waals surface area contributed by atoms with E-state index in [4.69, 9.17) is 4.74 Å². The molecule has 1 unspecified atom stereocenters. The van der Waals surface area contributed by atoms with Crippen LogP contribution in [0.4, 0.5) is 10.6 Å². The number of aliphatic hydroxyl groups is 1. The van der Waals surface area contributed by atoms with Gasteiger partial charge in [-0.1, -0.05) is 6.07 Å². The van der Waals surface area contributed by atoms with E-state index in [-0.39, 0.29) is 6.09 Å². The zero-order valence-electron chi connectivity index (χ0n) is 14.7. The zero-order valence-corrected chi connectivity index (χ0v) is 14.7. The Bertz CT molecular complexity index is 559. The number of aliphatic hydroxyl groups excluding tert-OH is 1. The zero-order chi connectivity index (χ0) is 17.2. The number of hydrogen-bond donors (Lipinski definition) is 1. The van der Waals surface area contributed by atoms with Crippen molar-refractivity contribution in [3.05, 3.63) is 23.4 Å². The van der Waals surface area contributed by atoms with E-state index < -0.39 is 11.7 Å². The largest absolute Gasteiger partial charge is 0.444 e. The number of anilines is 1. The minimum absolute atomic E-state index is 0.259. The summed E-state index contributed by atoms with van der Waals surface area (Å²) in [4.78, 5) is 20.5. The van der Waals surface area contributed by atoms with Gasteiger partial charge >= 0.3 is 6.09 Å². The molecule has 0 radical (unpaired) electrons. The number of aromatic nitrogens is 1. The summed E-state index contributed by atoms with van der Waals surface area (Å²) in [5, 5.41) is 9.68. The molecule has 1 fully saturated rings. The number of piperazine rings is 1. The number of aryl methyl sites for hydroxylation is 1. The summed E-state index contributed by atoms with van der Waals surface area (Å²) < 4.78 is 5.40. The van der Waals surface area contributed by atoms with E-state index in [0.29, 0.717) is 13.1 Å². The van der Waals surface area contributed by atoms with Gasteiger partial charge < -0.3 is 19.6 Å². The molecule has 0 spiro atoms. The number of carbonyl (C=O) groups excluding carboxylic acids is 1. The molecule has 0 aliphatic carbocycles. The third-order valence-electron chi connectivity index (χ3n) is 3.82. The second-order valence-corrected chi connectivity index (χ2v) is 6.97. The molecule has 0 bridgehead atoms. The van der Waals surface area contributed by atoms with Crippen LogP contribution in [0.15, 0.2) is 12.1 Å². The first kappa shape index (κ1) is 17.5. The highest BCUT2D eigenvalue weighted by atomic mass is 16.6. The topological polar surface area (TPSA) is 65.9 Å². The SMILES string of the molecule is Cc1nc(N2CCN(C(=O)OC(C)(C)C)CC2)ccc1C(C)O. The Morgan fingerprint density at radius 1 is 1.26 bits per heavy atom. The highest BCUT2D eigenvalue weighted by Crippen LogP contribution is 2.21.